The normalized spacial score (nSPS) is 17.5. The number of likely N-dealkylation sites (N-methyl/N-ethyl adjacent to an activating group) is 2. The summed E-state index contributed by atoms with van der Waals surface area (Å²) in [6, 6.07) is 17.8. The molecule has 3 atom stereocenters. The van der Waals surface area contributed by atoms with Crippen LogP contribution in [0.2, 0.25) is 0 Å². The molecule has 0 radical (unpaired) electrons. The summed E-state index contributed by atoms with van der Waals surface area (Å²) >= 11 is 0. The summed E-state index contributed by atoms with van der Waals surface area (Å²) in [6.07, 6.45) is -0.00683. The van der Waals surface area contributed by atoms with E-state index in [-0.39, 0.29) is 31.4 Å². The molecule has 1 N–H and O–H groups in total. The van der Waals surface area contributed by atoms with Gasteiger partial charge in [-0.3, -0.25) is 34.0 Å². The largest absolute Gasteiger partial charge is 0.497 e. The van der Waals surface area contributed by atoms with Gasteiger partial charge in [-0.15, -0.1) is 0 Å². The number of hydrogen-bond acceptors (Lipinski definition) is 9. The van der Waals surface area contributed by atoms with Gasteiger partial charge in [-0.25, -0.2) is 19.6 Å². The number of aliphatic imine (C=N–C) groups is 1. The number of methoxy groups -OCH3 is 1. The zero-order valence-electron chi connectivity index (χ0n) is 31.5. The molecule has 3 aromatic rings. The van der Waals surface area contributed by atoms with Crippen LogP contribution >= 0.6 is 0 Å². The fourth-order valence-corrected chi connectivity index (χ4v) is 6.37. The Labute approximate surface area is 309 Å². The van der Waals surface area contributed by atoms with E-state index in [0.29, 0.717) is 29.2 Å². The van der Waals surface area contributed by atoms with Gasteiger partial charge in [0.2, 0.25) is 11.9 Å². The fourth-order valence-electron chi connectivity index (χ4n) is 6.37. The number of nitrogens with zero attached hydrogens (tertiary/aromatic N) is 6. The summed E-state index contributed by atoms with van der Waals surface area (Å²) in [7, 11) is 4.56. The van der Waals surface area contributed by atoms with Crippen LogP contribution < -0.4 is 15.0 Å². The first kappa shape index (κ1) is 38.4. The molecule has 14 nitrogen and oxygen atoms in total. The van der Waals surface area contributed by atoms with Crippen molar-refractivity contribution >= 4 is 41.6 Å². The lowest BCUT2D eigenvalue weighted by atomic mass is 9.81. The molecular formula is C39H47N7O7. The Bertz CT molecular complexity index is 1890. The Kier molecular flexibility index (Phi) is 11.5. The number of ether oxygens (including phenoxy) is 2. The number of aromatic nitrogens is 1. The first-order chi connectivity index (χ1) is 25.1. The number of carbonyl (C=O) groups is 5. The lowest BCUT2D eigenvalue weighted by molar-refractivity contribution is -0.160. The number of imide groups is 1. The predicted octanol–water partition coefficient (Wildman–Crippen LogP) is 4.86. The number of carbonyl (C=O) groups excluding carboxylic acids is 5. The molecule has 14 heteroatoms. The van der Waals surface area contributed by atoms with E-state index in [9.17, 15) is 24.0 Å². The first-order valence-electron chi connectivity index (χ1n) is 17.5. The Morgan fingerprint density at radius 1 is 1.02 bits per heavy atom. The molecule has 1 aromatic heterocycles. The summed E-state index contributed by atoms with van der Waals surface area (Å²) in [4.78, 5) is 81.6. The smallest absolute Gasteiger partial charge is 0.416 e. The maximum absolute atomic E-state index is 14.2. The first-order valence-corrected chi connectivity index (χ1v) is 17.5. The number of benzene rings is 2. The molecule has 2 aliphatic rings. The van der Waals surface area contributed by atoms with Crippen LogP contribution in [0.15, 0.2) is 71.7 Å². The second-order valence-corrected chi connectivity index (χ2v) is 14.1. The Morgan fingerprint density at radius 3 is 2.28 bits per heavy atom. The maximum atomic E-state index is 14.2. The Hall–Kier alpha value is -5.79. The molecule has 5 rings (SSSR count). The number of urea groups is 1. The van der Waals surface area contributed by atoms with Crippen molar-refractivity contribution in [2.24, 2.45) is 10.9 Å². The number of likely N-dealkylation sites (tertiary alicyclic amines) is 1. The predicted molar refractivity (Wildman–Crippen MR) is 198 cm³/mol. The van der Waals surface area contributed by atoms with E-state index in [1.54, 1.807) is 59.1 Å². The summed E-state index contributed by atoms with van der Waals surface area (Å²) in [5, 5.41) is 2.93. The topological polar surface area (TPSA) is 154 Å². The van der Waals surface area contributed by atoms with Crippen LogP contribution in [-0.4, -0.2) is 94.9 Å². The van der Waals surface area contributed by atoms with Gasteiger partial charge < -0.3 is 14.8 Å². The lowest BCUT2D eigenvalue weighted by Crippen LogP contribution is -2.71. The van der Waals surface area contributed by atoms with Crippen molar-refractivity contribution in [2.75, 3.05) is 32.6 Å². The molecule has 3 heterocycles. The average Bonchev–Trinajstić information content (AvgIpc) is 3.46. The maximum Gasteiger partial charge on any atom is 0.416 e. The summed E-state index contributed by atoms with van der Waals surface area (Å²) < 4.78 is 11.0. The molecule has 2 aliphatic heterocycles. The highest BCUT2D eigenvalue weighted by Crippen LogP contribution is 2.34. The van der Waals surface area contributed by atoms with Gasteiger partial charge in [0.25, 0.3) is 11.8 Å². The van der Waals surface area contributed by atoms with Gasteiger partial charge in [-0.2, -0.15) is 0 Å². The second-order valence-electron chi connectivity index (χ2n) is 14.1. The van der Waals surface area contributed by atoms with Crippen molar-refractivity contribution in [1.29, 1.82) is 0 Å². The van der Waals surface area contributed by atoms with Crippen LogP contribution in [0.3, 0.4) is 0 Å². The third kappa shape index (κ3) is 8.65. The van der Waals surface area contributed by atoms with Crippen molar-refractivity contribution in [3.63, 3.8) is 0 Å². The molecule has 280 valence electrons. The van der Waals surface area contributed by atoms with Crippen LogP contribution in [-0.2, 0) is 32.1 Å². The van der Waals surface area contributed by atoms with Gasteiger partial charge in [-0.05, 0) is 81.5 Å². The van der Waals surface area contributed by atoms with E-state index in [0.717, 1.165) is 16.0 Å². The van der Waals surface area contributed by atoms with E-state index >= 15 is 0 Å². The number of guanidine groups is 1. The zero-order chi connectivity index (χ0) is 38.6. The monoisotopic (exact) mass is 725 g/mol. The minimum atomic E-state index is -1.20. The van der Waals surface area contributed by atoms with Crippen LogP contribution in [0, 0.1) is 12.8 Å². The number of anilines is 1. The number of amides is 6. The Balaban J connectivity index is 1.46. The van der Waals surface area contributed by atoms with E-state index in [1.807, 2.05) is 49.4 Å². The summed E-state index contributed by atoms with van der Waals surface area (Å²) in [5.41, 5.74) is 2.05. The van der Waals surface area contributed by atoms with Crippen molar-refractivity contribution in [1.82, 2.24) is 25.0 Å². The number of aryl methyl sites for hydroxylation is 1. The summed E-state index contributed by atoms with van der Waals surface area (Å²) in [6.45, 7) is 9.03. The molecule has 1 saturated heterocycles. The molecule has 0 spiro atoms. The van der Waals surface area contributed by atoms with Crippen LogP contribution in [0.4, 0.5) is 15.4 Å². The molecule has 0 bridgehead atoms. The van der Waals surface area contributed by atoms with Crippen molar-refractivity contribution in [3.8, 4) is 5.75 Å². The molecule has 6 amide bonds. The van der Waals surface area contributed by atoms with Crippen LogP contribution in [0.25, 0.3) is 0 Å². The number of nitrogens with one attached hydrogen (secondary N) is 1. The van der Waals surface area contributed by atoms with Crippen LogP contribution in [0.5, 0.6) is 5.75 Å². The average molecular weight is 726 g/mol. The highest BCUT2D eigenvalue weighted by atomic mass is 16.6. The number of pyridine rings is 1. The van der Waals surface area contributed by atoms with Gasteiger partial charge >= 0.3 is 12.1 Å². The number of hydrogen-bond donors (Lipinski definition) is 1. The van der Waals surface area contributed by atoms with Gasteiger partial charge in [-0.1, -0.05) is 49.4 Å². The highest BCUT2D eigenvalue weighted by molar-refractivity contribution is 6.14. The Morgan fingerprint density at radius 2 is 1.70 bits per heavy atom. The quantitative estimate of drug-likeness (QED) is 0.291. The number of rotatable bonds is 10. The van der Waals surface area contributed by atoms with Crippen molar-refractivity contribution in [3.05, 3.63) is 89.1 Å². The summed E-state index contributed by atoms with van der Waals surface area (Å²) in [5.74, 6) is -1.25. The highest BCUT2D eigenvalue weighted by Gasteiger charge is 2.56. The van der Waals surface area contributed by atoms with Crippen molar-refractivity contribution in [2.45, 2.75) is 71.7 Å². The van der Waals surface area contributed by atoms with E-state index in [2.05, 4.69) is 15.3 Å². The molecule has 0 saturated carbocycles. The zero-order valence-corrected chi connectivity index (χ0v) is 31.5. The van der Waals surface area contributed by atoms with Gasteiger partial charge in [0.15, 0.2) is 0 Å². The van der Waals surface area contributed by atoms with E-state index in [4.69, 9.17) is 9.47 Å². The standard InChI is InChI=1S/C39H47N7O7/c1-9-30(27-13-11-10-12-14-27)42-37(50)46-33(35(49)44(7)36-40-22-32(47)43(36)6)29(34(46)48)20-26-19-24(2)41-31(21-26)45(38(51)53-39(3,4)5)23-25-15-17-28(52-8)18-16-25/h10-19,21,29-30,33H,9,20,22-23H2,1-8H3,(H,42,50)/t29-,30?,33+/m1/s1. The molecule has 0 aliphatic carbocycles. The van der Waals surface area contributed by atoms with Gasteiger partial charge in [0.05, 0.1) is 25.6 Å². The fraction of sp³-hybridized carbons (Fsp3) is 0.410. The third-order valence-electron chi connectivity index (χ3n) is 9.10. The molecular weight excluding hydrogens is 678 g/mol. The van der Waals surface area contributed by atoms with Crippen molar-refractivity contribution < 1.29 is 33.4 Å². The van der Waals surface area contributed by atoms with Gasteiger partial charge in [0.1, 0.15) is 29.8 Å². The SMILES string of the molecule is CCC(NC(=O)N1C(=O)[C@H](Cc2cc(C)nc(N(Cc3ccc(OC)cc3)C(=O)OC(C)(C)C)c2)[C@H]1C(=O)N(C)C1=NCC(=O)N1C)c1ccccc1. The molecule has 1 unspecified atom stereocenters. The molecule has 1 fully saturated rings. The number of β-lactam (4-membered cyclic amide) rings is 1. The second kappa shape index (κ2) is 15.8. The third-order valence-corrected chi connectivity index (χ3v) is 9.10. The van der Waals surface area contributed by atoms with Gasteiger partial charge in [0, 0.05) is 19.8 Å². The van der Waals surface area contributed by atoms with Crippen LogP contribution in [0.1, 0.15) is 62.5 Å². The molecule has 2 aromatic carbocycles. The lowest BCUT2D eigenvalue weighted by Gasteiger charge is -2.46. The minimum Gasteiger partial charge on any atom is -0.497 e. The molecule has 53 heavy (non-hydrogen) atoms. The van der Waals surface area contributed by atoms with E-state index < -0.39 is 47.5 Å². The minimum absolute atomic E-state index is 0.0606. The van der Waals surface area contributed by atoms with E-state index in [1.165, 1.54) is 28.8 Å².